The summed E-state index contributed by atoms with van der Waals surface area (Å²) < 4.78 is 35.0. The van der Waals surface area contributed by atoms with Crippen LogP contribution in [0.25, 0.3) is 5.65 Å². The van der Waals surface area contributed by atoms with E-state index in [4.69, 9.17) is 4.74 Å². The van der Waals surface area contributed by atoms with E-state index in [0.717, 1.165) is 19.6 Å². The van der Waals surface area contributed by atoms with Crippen LogP contribution in [0.3, 0.4) is 0 Å². The molecule has 0 saturated carbocycles. The largest absolute Gasteiger partial charge is 0.379 e. The van der Waals surface area contributed by atoms with Crippen molar-refractivity contribution >= 4 is 17.4 Å². The number of hydrogen-bond donors (Lipinski definition) is 1. The van der Waals surface area contributed by atoms with Crippen molar-refractivity contribution in [2.24, 2.45) is 0 Å². The minimum absolute atomic E-state index is 0.148. The highest BCUT2D eigenvalue weighted by Gasteiger charge is 2.34. The number of carbonyl (C=O) groups is 1. The van der Waals surface area contributed by atoms with E-state index in [0.29, 0.717) is 42.5 Å². The SMILES string of the molecule is O=C(NCCN1CCOCC1)c1cnc2ccc(N3C[C@@H](F)C[C@@H]3c3cccc(F)c3)nn12. The van der Waals surface area contributed by atoms with Crippen molar-refractivity contribution in [3.8, 4) is 0 Å². The number of anilines is 1. The van der Waals surface area contributed by atoms with Crippen LogP contribution in [0.1, 0.15) is 28.5 Å². The molecule has 0 spiro atoms. The number of fused-ring (bicyclic) bond motifs is 1. The summed E-state index contributed by atoms with van der Waals surface area (Å²) in [6, 6.07) is 9.39. The first-order valence-electron chi connectivity index (χ1n) is 11.2. The fourth-order valence-corrected chi connectivity index (χ4v) is 4.48. The monoisotopic (exact) mass is 456 g/mol. The number of rotatable bonds is 6. The van der Waals surface area contributed by atoms with Gasteiger partial charge in [-0.2, -0.15) is 0 Å². The Morgan fingerprint density at radius 1 is 1.21 bits per heavy atom. The minimum Gasteiger partial charge on any atom is -0.379 e. The molecular formula is C23H26F2N6O2. The molecule has 0 unspecified atom stereocenters. The van der Waals surface area contributed by atoms with Crippen LogP contribution in [-0.2, 0) is 4.74 Å². The van der Waals surface area contributed by atoms with Gasteiger partial charge in [0, 0.05) is 32.6 Å². The van der Waals surface area contributed by atoms with Crippen molar-refractivity contribution in [3.05, 3.63) is 59.7 Å². The molecule has 0 aliphatic carbocycles. The minimum atomic E-state index is -1.05. The third-order valence-corrected chi connectivity index (χ3v) is 6.18. The molecule has 2 saturated heterocycles. The summed E-state index contributed by atoms with van der Waals surface area (Å²) in [5.74, 6) is -0.118. The van der Waals surface area contributed by atoms with Crippen molar-refractivity contribution in [1.82, 2.24) is 24.8 Å². The molecular weight excluding hydrogens is 430 g/mol. The zero-order valence-electron chi connectivity index (χ0n) is 18.2. The number of alkyl halides is 1. The average Bonchev–Trinajstić information content (AvgIpc) is 3.43. The second-order valence-corrected chi connectivity index (χ2v) is 8.37. The molecule has 2 fully saturated rings. The number of aromatic nitrogens is 3. The molecule has 4 heterocycles. The number of morpholine rings is 1. The number of carbonyl (C=O) groups excluding carboxylic acids is 1. The number of ether oxygens (including phenoxy) is 1. The molecule has 1 amide bonds. The molecule has 174 valence electrons. The van der Waals surface area contributed by atoms with E-state index in [-0.39, 0.29) is 30.7 Å². The van der Waals surface area contributed by atoms with Crippen LogP contribution >= 0.6 is 0 Å². The van der Waals surface area contributed by atoms with Crippen LogP contribution in [0.2, 0.25) is 0 Å². The summed E-state index contributed by atoms with van der Waals surface area (Å²) in [5.41, 5.74) is 1.53. The summed E-state index contributed by atoms with van der Waals surface area (Å²) in [5, 5.41) is 7.52. The van der Waals surface area contributed by atoms with Crippen molar-refractivity contribution < 1.29 is 18.3 Å². The van der Waals surface area contributed by atoms with Crippen molar-refractivity contribution in [1.29, 1.82) is 0 Å². The molecule has 0 bridgehead atoms. The highest BCUT2D eigenvalue weighted by Crippen LogP contribution is 2.36. The van der Waals surface area contributed by atoms with Gasteiger partial charge in [0.1, 0.15) is 17.8 Å². The summed E-state index contributed by atoms with van der Waals surface area (Å²) in [7, 11) is 0. The smallest absolute Gasteiger partial charge is 0.271 e. The predicted molar refractivity (Wildman–Crippen MR) is 119 cm³/mol. The molecule has 3 aromatic rings. The number of amides is 1. The summed E-state index contributed by atoms with van der Waals surface area (Å²) >= 11 is 0. The van der Waals surface area contributed by atoms with Gasteiger partial charge in [-0.1, -0.05) is 12.1 Å². The Balaban J connectivity index is 1.34. The Labute approximate surface area is 190 Å². The molecule has 10 heteroatoms. The van der Waals surface area contributed by atoms with Gasteiger partial charge in [-0.05, 0) is 29.8 Å². The van der Waals surface area contributed by atoms with E-state index in [1.54, 1.807) is 24.3 Å². The lowest BCUT2D eigenvalue weighted by Gasteiger charge is -2.26. The van der Waals surface area contributed by atoms with Gasteiger partial charge in [0.2, 0.25) is 0 Å². The van der Waals surface area contributed by atoms with Gasteiger partial charge in [0.15, 0.2) is 11.3 Å². The first kappa shape index (κ1) is 21.7. The Morgan fingerprint density at radius 2 is 2.06 bits per heavy atom. The highest BCUT2D eigenvalue weighted by molar-refractivity contribution is 5.93. The topological polar surface area (TPSA) is 75.0 Å². The molecule has 2 atom stereocenters. The van der Waals surface area contributed by atoms with Crippen molar-refractivity contribution in [3.63, 3.8) is 0 Å². The molecule has 2 aliphatic heterocycles. The van der Waals surface area contributed by atoms with Gasteiger partial charge < -0.3 is 15.0 Å². The normalized spacial score (nSPS) is 21.6. The maximum Gasteiger partial charge on any atom is 0.271 e. The highest BCUT2D eigenvalue weighted by atomic mass is 19.1. The summed E-state index contributed by atoms with van der Waals surface area (Å²) in [6.07, 6.45) is 0.686. The fraction of sp³-hybridized carbons (Fsp3) is 0.435. The van der Waals surface area contributed by atoms with Gasteiger partial charge in [-0.25, -0.2) is 18.3 Å². The van der Waals surface area contributed by atoms with Crippen LogP contribution in [-0.4, -0.2) is 77.5 Å². The lowest BCUT2D eigenvalue weighted by atomic mass is 10.0. The zero-order valence-corrected chi connectivity index (χ0v) is 18.2. The van der Waals surface area contributed by atoms with Gasteiger partial charge in [-0.15, -0.1) is 5.10 Å². The van der Waals surface area contributed by atoms with Crippen LogP contribution in [0, 0.1) is 5.82 Å². The first-order valence-corrected chi connectivity index (χ1v) is 11.2. The van der Waals surface area contributed by atoms with E-state index >= 15 is 0 Å². The average molecular weight is 456 g/mol. The van der Waals surface area contributed by atoms with Crippen molar-refractivity contribution in [2.75, 3.05) is 50.8 Å². The second kappa shape index (κ2) is 9.40. The number of hydrogen-bond acceptors (Lipinski definition) is 6. The summed E-state index contributed by atoms with van der Waals surface area (Å²) in [6.45, 7) is 4.52. The van der Waals surface area contributed by atoms with E-state index in [1.165, 1.54) is 22.8 Å². The molecule has 2 aliphatic rings. The Bertz CT molecular complexity index is 1130. The number of nitrogens with zero attached hydrogens (tertiary/aromatic N) is 5. The van der Waals surface area contributed by atoms with E-state index in [1.807, 2.05) is 4.90 Å². The number of nitrogens with one attached hydrogen (secondary N) is 1. The molecule has 33 heavy (non-hydrogen) atoms. The lowest BCUT2D eigenvalue weighted by molar-refractivity contribution is 0.0383. The van der Waals surface area contributed by atoms with Crippen molar-refractivity contribution in [2.45, 2.75) is 18.6 Å². The molecule has 8 nitrogen and oxygen atoms in total. The first-order chi connectivity index (χ1) is 16.1. The van der Waals surface area contributed by atoms with Gasteiger partial charge in [0.05, 0.1) is 32.0 Å². The van der Waals surface area contributed by atoms with Crippen LogP contribution in [0.4, 0.5) is 14.6 Å². The molecule has 5 rings (SSSR count). The number of halogens is 2. The lowest BCUT2D eigenvalue weighted by Crippen LogP contribution is -2.41. The second-order valence-electron chi connectivity index (χ2n) is 8.37. The predicted octanol–water partition coefficient (Wildman–Crippen LogP) is 2.22. The van der Waals surface area contributed by atoms with Gasteiger partial charge in [0.25, 0.3) is 5.91 Å². The zero-order chi connectivity index (χ0) is 22.8. The van der Waals surface area contributed by atoms with Crippen LogP contribution < -0.4 is 10.2 Å². The van der Waals surface area contributed by atoms with E-state index in [2.05, 4.69) is 20.3 Å². The third-order valence-electron chi connectivity index (χ3n) is 6.18. The number of imidazole rings is 1. The van der Waals surface area contributed by atoms with Gasteiger partial charge in [-0.3, -0.25) is 9.69 Å². The maximum absolute atomic E-state index is 14.4. The molecule has 2 aromatic heterocycles. The third kappa shape index (κ3) is 4.67. The van der Waals surface area contributed by atoms with E-state index < -0.39 is 6.17 Å². The Hall–Kier alpha value is -3.11. The number of benzene rings is 1. The van der Waals surface area contributed by atoms with E-state index in [9.17, 15) is 13.6 Å². The van der Waals surface area contributed by atoms with Crippen LogP contribution in [0.5, 0.6) is 0 Å². The van der Waals surface area contributed by atoms with Crippen LogP contribution in [0.15, 0.2) is 42.6 Å². The summed E-state index contributed by atoms with van der Waals surface area (Å²) in [4.78, 5) is 21.1. The maximum atomic E-state index is 14.4. The Morgan fingerprint density at radius 3 is 2.88 bits per heavy atom. The van der Waals surface area contributed by atoms with Gasteiger partial charge >= 0.3 is 0 Å². The standard InChI is InChI=1S/C23H26F2N6O2/c24-17-3-1-2-16(12-17)19-13-18(25)15-30(19)22-5-4-21-27-14-20(31(21)28-22)23(32)26-6-7-29-8-10-33-11-9-29/h1-5,12,14,18-19H,6-11,13,15H2,(H,26,32)/t18-,19+/m0/s1. The molecule has 1 N–H and O–H groups in total. The molecule has 1 aromatic carbocycles. The fourth-order valence-electron chi connectivity index (χ4n) is 4.48. The Kier molecular flexibility index (Phi) is 6.19. The molecule has 0 radical (unpaired) electrons. The quantitative estimate of drug-likeness (QED) is 0.613.